The molecule has 8 aromatic carbocycles. The third-order valence-corrected chi connectivity index (χ3v) is 22.1. The quantitative estimate of drug-likeness (QED) is 0.0252. The van der Waals surface area contributed by atoms with Crippen molar-refractivity contribution < 1.29 is 52.8 Å². The minimum Gasteiger partial charge on any atom is -0.444 e. The number of hydrogen-bond acceptors (Lipinski definition) is 16. The summed E-state index contributed by atoms with van der Waals surface area (Å²) in [5, 5.41) is 6.42. The standard InChI is InChI=1S/C19H22Cl2N2O2.C19H25N3O3S.C18H25N3O4S2.C18H23N3O3S/c1-4-23(5-2)16-7-9-18(13(3)10-16)22-19(24)25-12-14-11-15(20)6-8-17(14)21;1-5-22(6-2)16-9-12-18(15(4)13-16)20-19(23)21-26(24,25)17-10-7-14(3)8-11-17;1-5-21(6-2)16-9-12-18(15(4)13-16)19-27(24,25)20-26(22,23)17-10-7-14(3)8-11-17;1-4-21(5-2)16-11-12-17(14(3)13-16)19-25(23,24)20-18(22)15-9-7-6-8-10-15/h6-11H,4-5,12H2,1-3H3,(H,22,24);7-13H,5-6H2,1-4H3,(H2,20,21,23);7-13,19-20H,5-6H2,1-4H3;6-13,19H,4-5H2,1-3H3,(H,20,22). The van der Waals surface area contributed by atoms with Gasteiger partial charge in [-0.1, -0.05) is 80.9 Å². The Labute approximate surface area is 619 Å². The molecule has 0 aliphatic heterocycles. The summed E-state index contributed by atoms with van der Waals surface area (Å²) in [7, 11) is -16.4. The van der Waals surface area contributed by atoms with Crippen LogP contribution in [0.5, 0.6) is 0 Å². The van der Waals surface area contributed by atoms with Crippen LogP contribution in [0.3, 0.4) is 0 Å². The summed E-state index contributed by atoms with van der Waals surface area (Å²) in [5.74, 6) is -0.675. The van der Waals surface area contributed by atoms with Gasteiger partial charge in [0.15, 0.2) is 0 Å². The largest absolute Gasteiger partial charge is 0.444 e. The number of benzene rings is 8. The molecule has 0 bridgehead atoms. The molecule has 0 aromatic heterocycles. The number of nitrogens with one attached hydrogen (secondary N) is 7. The van der Waals surface area contributed by atoms with Crippen molar-refractivity contribution in [2.75, 3.05) is 92.0 Å². The highest BCUT2D eigenvalue weighted by Crippen LogP contribution is 2.29. The first-order chi connectivity index (χ1) is 48.6. The fourth-order valence-electron chi connectivity index (χ4n) is 10.2. The molecule has 103 heavy (non-hydrogen) atoms. The molecule has 0 radical (unpaired) electrons. The second kappa shape index (κ2) is 39.5. The Morgan fingerprint density at radius 2 is 0.767 bits per heavy atom. The average molecular weight is 1530 g/mol. The number of aryl methyl sites for hydroxylation is 6. The molecule has 0 spiro atoms. The zero-order chi connectivity index (χ0) is 76.4. The van der Waals surface area contributed by atoms with E-state index < -0.39 is 58.5 Å². The number of carbonyl (C=O) groups is 3. The second-order valence-corrected chi connectivity index (χ2v) is 30.7. The Balaban J connectivity index is 0.000000247. The number of carbonyl (C=O) groups excluding carboxylic acids is 3. The first kappa shape index (κ1) is 84.6. The topological polar surface area (TPSA) is 294 Å². The van der Waals surface area contributed by atoms with Crippen LogP contribution in [0, 0.1) is 41.5 Å². The predicted molar refractivity (Wildman–Crippen MR) is 420 cm³/mol. The van der Waals surface area contributed by atoms with Gasteiger partial charge in [-0.2, -0.15) is 16.8 Å². The molecule has 7 N–H and O–H groups in total. The number of amides is 4. The highest BCUT2D eigenvalue weighted by molar-refractivity contribution is 8.05. The minimum atomic E-state index is -4.32. The van der Waals surface area contributed by atoms with E-state index in [0.717, 1.165) is 109 Å². The maximum absolute atomic E-state index is 12.3. The second-order valence-electron chi connectivity index (χ2n) is 23.4. The summed E-state index contributed by atoms with van der Waals surface area (Å²) in [5.41, 5.74) is 12.3. The van der Waals surface area contributed by atoms with Crippen molar-refractivity contribution in [1.29, 1.82) is 0 Å². The van der Waals surface area contributed by atoms with Gasteiger partial charge in [-0.25, -0.2) is 35.9 Å². The van der Waals surface area contributed by atoms with Crippen LogP contribution in [0.2, 0.25) is 10.0 Å². The lowest BCUT2D eigenvalue weighted by molar-refractivity contribution is 0.0981. The molecule has 0 aliphatic rings. The normalized spacial score (nSPS) is 11.1. The maximum atomic E-state index is 12.3. The lowest BCUT2D eigenvalue weighted by Crippen LogP contribution is -2.35. The number of halogens is 2. The minimum absolute atomic E-state index is 0.0480. The summed E-state index contributed by atoms with van der Waals surface area (Å²) in [4.78, 5) is 44.9. The summed E-state index contributed by atoms with van der Waals surface area (Å²) >= 11 is 12.0. The van der Waals surface area contributed by atoms with Gasteiger partial charge in [0.2, 0.25) is 0 Å². The third-order valence-electron chi connectivity index (χ3n) is 16.1. The number of rotatable bonds is 27. The van der Waals surface area contributed by atoms with E-state index >= 15 is 0 Å². The van der Waals surface area contributed by atoms with Crippen LogP contribution in [0.4, 0.5) is 55.1 Å². The van der Waals surface area contributed by atoms with E-state index in [1.165, 1.54) is 24.3 Å². The van der Waals surface area contributed by atoms with Gasteiger partial charge >= 0.3 is 32.5 Å². The zero-order valence-electron chi connectivity index (χ0n) is 60.6. The van der Waals surface area contributed by atoms with Crippen molar-refractivity contribution in [2.45, 2.75) is 113 Å². The van der Waals surface area contributed by atoms with Crippen LogP contribution >= 0.6 is 23.2 Å². The molecule has 8 aromatic rings. The Morgan fingerprint density at radius 3 is 1.16 bits per heavy atom. The van der Waals surface area contributed by atoms with Gasteiger partial charge in [-0.05, 0) is 247 Å². The molecule has 0 unspecified atom stereocenters. The molecule has 8 rings (SSSR count). The van der Waals surface area contributed by atoms with Gasteiger partial charge in [0.05, 0.1) is 21.2 Å². The summed E-state index contributed by atoms with van der Waals surface area (Å²) < 4.78 is 114. The lowest BCUT2D eigenvalue weighted by atomic mass is 10.1. The highest BCUT2D eigenvalue weighted by Gasteiger charge is 2.25. The van der Waals surface area contributed by atoms with E-state index in [-0.39, 0.29) is 22.0 Å². The number of urea groups is 1. The molecule has 0 saturated heterocycles. The molecule has 23 nitrogen and oxygen atoms in total. The third kappa shape index (κ3) is 26.3. The molecule has 0 fully saturated rings. The van der Waals surface area contributed by atoms with Gasteiger partial charge in [0, 0.05) is 108 Å². The van der Waals surface area contributed by atoms with E-state index in [1.807, 2.05) is 100 Å². The van der Waals surface area contributed by atoms with Gasteiger partial charge in [0.1, 0.15) is 6.61 Å². The van der Waals surface area contributed by atoms with Crippen LogP contribution < -0.4 is 53.2 Å². The number of nitrogens with zero attached hydrogens (tertiary/aromatic N) is 4. The highest BCUT2D eigenvalue weighted by atomic mass is 35.5. The summed E-state index contributed by atoms with van der Waals surface area (Å²) in [6, 6.07) is 47.0. The van der Waals surface area contributed by atoms with Crippen LogP contribution in [0.15, 0.2) is 180 Å². The molecule has 556 valence electrons. The van der Waals surface area contributed by atoms with Crippen molar-refractivity contribution in [2.24, 2.45) is 0 Å². The van der Waals surface area contributed by atoms with E-state index in [9.17, 15) is 48.1 Å². The Kier molecular flexibility index (Phi) is 32.5. The first-order valence-electron chi connectivity index (χ1n) is 33.4. The van der Waals surface area contributed by atoms with Crippen molar-refractivity contribution >= 4 is 127 Å². The molecular weight excluding hydrogens is 1430 g/mol. The number of anilines is 8. The van der Waals surface area contributed by atoms with Gasteiger partial charge in [0.25, 0.3) is 26.0 Å². The number of sulfonamides is 2. The Morgan fingerprint density at radius 1 is 0.398 bits per heavy atom. The van der Waals surface area contributed by atoms with Gasteiger partial charge < -0.3 is 29.7 Å². The lowest BCUT2D eigenvalue weighted by Gasteiger charge is -2.22. The fourth-order valence-corrected chi connectivity index (χ4v) is 15.2. The number of hydrogen-bond donors (Lipinski definition) is 7. The van der Waals surface area contributed by atoms with Crippen LogP contribution in [0.25, 0.3) is 0 Å². The van der Waals surface area contributed by atoms with Crippen molar-refractivity contribution in [3.63, 3.8) is 0 Å². The van der Waals surface area contributed by atoms with E-state index in [0.29, 0.717) is 38.2 Å². The summed E-state index contributed by atoms with van der Waals surface area (Å²) in [6.45, 7) is 34.8. The SMILES string of the molecule is CCN(CC)c1ccc(NC(=O)NS(=O)(=O)c2ccc(C)cc2)c(C)c1.CCN(CC)c1ccc(NC(=O)OCc2cc(Cl)ccc2Cl)c(C)c1.CCN(CC)c1ccc(NS(=O)(=O)NC(=O)c2ccccc2)c(C)c1.CCN(CC)c1ccc(NS(=O)(=O)NS(=O)(=O)c2ccc(C)cc2)c(C)c1. The van der Waals surface area contributed by atoms with Crippen LogP contribution in [-0.2, 0) is 51.8 Å². The van der Waals surface area contributed by atoms with E-state index in [2.05, 4.69) is 87.3 Å². The smallest absolute Gasteiger partial charge is 0.411 e. The molecule has 0 saturated carbocycles. The first-order valence-corrected chi connectivity index (χ1v) is 40.1. The van der Waals surface area contributed by atoms with Crippen molar-refractivity contribution in [3.8, 4) is 0 Å². The van der Waals surface area contributed by atoms with Crippen molar-refractivity contribution in [3.05, 3.63) is 224 Å². The zero-order valence-corrected chi connectivity index (χ0v) is 65.4. The monoisotopic (exact) mass is 1530 g/mol. The van der Waals surface area contributed by atoms with E-state index in [4.69, 9.17) is 27.9 Å². The maximum Gasteiger partial charge on any atom is 0.411 e. The molecule has 4 amide bonds. The van der Waals surface area contributed by atoms with Crippen LogP contribution in [-0.4, -0.2) is 104 Å². The Bertz CT molecular complexity index is 4620. The fraction of sp³-hybridized carbons (Fsp3) is 0.311. The predicted octanol–water partition coefficient (Wildman–Crippen LogP) is 15.3. The molecule has 0 aliphatic carbocycles. The summed E-state index contributed by atoms with van der Waals surface area (Å²) in [6.07, 6.45) is -0.533. The molecular formula is C74H95Cl2N11O12S4. The Hall–Kier alpha value is -9.09. The van der Waals surface area contributed by atoms with Crippen LogP contribution in [0.1, 0.15) is 105 Å². The van der Waals surface area contributed by atoms with E-state index in [1.54, 1.807) is 108 Å². The molecule has 0 atom stereocenters. The molecule has 29 heteroatoms. The van der Waals surface area contributed by atoms with Gasteiger partial charge in [-0.3, -0.25) is 19.6 Å². The van der Waals surface area contributed by atoms with Gasteiger partial charge in [-0.15, -0.1) is 0 Å². The molecule has 0 heterocycles. The average Bonchev–Trinajstić information content (AvgIpc) is 0.815. The number of ether oxygens (including phenoxy) is 1. The van der Waals surface area contributed by atoms with Crippen molar-refractivity contribution in [1.82, 2.24) is 13.6 Å².